The predicted octanol–water partition coefficient (Wildman–Crippen LogP) is 5.06. The van der Waals surface area contributed by atoms with Crippen LogP contribution in [0.1, 0.15) is 34.8 Å². The van der Waals surface area contributed by atoms with Crippen molar-refractivity contribution in [2.75, 3.05) is 5.32 Å². The molecule has 0 fully saturated rings. The van der Waals surface area contributed by atoms with Crippen LogP contribution in [0.5, 0.6) is 5.75 Å². The molecule has 33 heavy (non-hydrogen) atoms. The first-order valence-corrected chi connectivity index (χ1v) is 10.4. The fraction of sp³-hybridized carbons (Fsp3) is 0.200. The molecular formula is C25H21F3N2O3. The highest BCUT2D eigenvalue weighted by Gasteiger charge is 2.30. The molecule has 1 aliphatic heterocycles. The van der Waals surface area contributed by atoms with Gasteiger partial charge in [-0.25, -0.2) is 13.2 Å². The summed E-state index contributed by atoms with van der Waals surface area (Å²) in [6.07, 6.45) is -0.331. The summed E-state index contributed by atoms with van der Waals surface area (Å²) in [5, 5.41) is 2.48. The zero-order valence-corrected chi connectivity index (χ0v) is 17.8. The third-order valence-corrected chi connectivity index (χ3v) is 5.42. The molecule has 0 aliphatic carbocycles. The number of rotatable bonds is 5. The lowest BCUT2D eigenvalue weighted by Gasteiger charge is -2.23. The molecule has 0 aromatic heterocycles. The Morgan fingerprint density at radius 3 is 2.42 bits per heavy atom. The van der Waals surface area contributed by atoms with Gasteiger partial charge in [0.15, 0.2) is 6.10 Å². The average molecular weight is 454 g/mol. The molecule has 3 aromatic rings. The first kappa shape index (κ1) is 22.4. The van der Waals surface area contributed by atoms with E-state index in [0.717, 1.165) is 12.1 Å². The Kier molecular flexibility index (Phi) is 6.35. The van der Waals surface area contributed by atoms with Gasteiger partial charge in [-0.2, -0.15) is 0 Å². The molecule has 1 aliphatic rings. The Morgan fingerprint density at radius 2 is 1.73 bits per heavy atom. The van der Waals surface area contributed by atoms with Crippen molar-refractivity contribution in [3.05, 3.63) is 94.8 Å². The lowest BCUT2D eigenvalue weighted by Crippen LogP contribution is -2.39. The smallest absolute Gasteiger partial charge is 0.264 e. The molecule has 0 saturated carbocycles. The number of benzene rings is 3. The summed E-state index contributed by atoms with van der Waals surface area (Å²) in [6.45, 7) is 1.96. The summed E-state index contributed by atoms with van der Waals surface area (Å²) in [5.41, 5.74) is 0.524. The second-order valence-corrected chi connectivity index (χ2v) is 7.67. The maximum Gasteiger partial charge on any atom is 0.264 e. The maximum absolute atomic E-state index is 14.2. The molecule has 5 nitrogen and oxygen atoms in total. The number of nitrogens with one attached hydrogen (secondary N) is 1. The second kappa shape index (κ2) is 9.36. The van der Waals surface area contributed by atoms with Crippen LogP contribution in [0, 0.1) is 17.5 Å². The van der Waals surface area contributed by atoms with E-state index in [1.54, 1.807) is 30.3 Å². The maximum atomic E-state index is 14.2. The highest BCUT2D eigenvalue weighted by Crippen LogP contribution is 2.30. The fourth-order valence-corrected chi connectivity index (χ4v) is 3.72. The molecule has 3 aromatic carbocycles. The summed E-state index contributed by atoms with van der Waals surface area (Å²) in [6, 6.07) is 14.1. The number of carbonyl (C=O) groups excluding carboxylic acids is 2. The monoisotopic (exact) mass is 454 g/mol. The zero-order valence-electron chi connectivity index (χ0n) is 17.8. The molecule has 0 spiro atoms. The van der Waals surface area contributed by atoms with E-state index < -0.39 is 35.0 Å². The van der Waals surface area contributed by atoms with Crippen LogP contribution >= 0.6 is 0 Å². The van der Waals surface area contributed by atoms with Crippen molar-refractivity contribution in [2.24, 2.45) is 0 Å². The fourth-order valence-electron chi connectivity index (χ4n) is 3.72. The predicted molar refractivity (Wildman–Crippen MR) is 116 cm³/mol. The van der Waals surface area contributed by atoms with Crippen molar-refractivity contribution in [3.63, 3.8) is 0 Å². The van der Waals surface area contributed by atoms with Crippen molar-refractivity contribution >= 4 is 17.5 Å². The van der Waals surface area contributed by atoms with Crippen molar-refractivity contribution in [1.82, 2.24) is 4.90 Å². The summed E-state index contributed by atoms with van der Waals surface area (Å²) < 4.78 is 48.0. The summed E-state index contributed by atoms with van der Waals surface area (Å²) >= 11 is 0. The van der Waals surface area contributed by atoms with Crippen LogP contribution in [-0.2, 0) is 17.9 Å². The molecule has 2 amide bonds. The van der Waals surface area contributed by atoms with Gasteiger partial charge in [0.1, 0.15) is 28.8 Å². The van der Waals surface area contributed by atoms with E-state index in [-0.39, 0.29) is 24.7 Å². The van der Waals surface area contributed by atoms with E-state index in [1.807, 2.05) is 6.92 Å². The van der Waals surface area contributed by atoms with Crippen LogP contribution in [0.25, 0.3) is 0 Å². The van der Waals surface area contributed by atoms with E-state index in [4.69, 9.17) is 4.74 Å². The van der Waals surface area contributed by atoms with Crippen molar-refractivity contribution in [1.29, 1.82) is 0 Å². The van der Waals surface area contributed by atoms with Gasteiger partial charge in [0.05, 0.1) is 0 Å². The van der Waals surface area contributed by atoms with Crippen LogP contribution in [0.2, 0.25) is 0 Å². The second-order valence-electron chi connectivity index (χ2n) is 7.67. The van der Waals surface area contributed by atoms with Crippen molar-refractivity contribution < 1.29 is 27.5 Å². The van der Waals surface area contributed by atoms with Gasteiger partial charge >= 0.3 is 0 Å². The number of ether oxygens (including phenoxy) is 1. The first-order valence-electron chi connectivity index (χ1n) is 10.4. The SMILES string of the molecule is CCC1Oc2ccc(NC(=O)c3c(F)cccc3F)cc2CN(Cc2ccccc2F)C1=O. The third-order valence-electron chi connectivity index (χ3n) is 5.42. The van der Waals surface area contributed by atoms with E-state index in [2.05, 4.69) is 5.32 Å². The number of fused-ring (bicyclic) bond motifs is 1. The Bertz CT molecular complexity index is 1200. The molecule has 170 valence electrons. The number of anilines is 1. The van der Waals surface area contributed by atoms with Gasteiger partial charge < -0.3 is 15.0 Å². The molecule has 0 bridgehead atoms. The Balaban J connectivity index is 1.62. The van der Waals surface area contributed by atoms with E-state index in [9.17, 15) is 22.8 Å². The summed E-state index contributed by atoms with van der Waals surface area (Å²) in [4.78, 5) is 27.0. The minimum atomic E-state index is -0.974. The van der Waals surface area contributed by atoms with Gasteiger partial charge in [-0.1, -0.05) is 31.2 Å². The Labute approximate surface area is 188 Å². The molecule has 4 rings (SSSR count). The van der Waals surface area contributed by atoms with Crippen molar-refractivity contribution in [2.45, 2.75) is 32.5 Å². The number of hydrogen-bond donors (Lipinski definition) is 1. The van der Waals surface area contributed by atoms with Crippen LogP contribution in [0.4, 0.5) is 18.9 Å². The zero-order chi connectivity index (χ0) is 23.5. The molecule has 1 heterocycles. The minimum absolute atomic E-state index is 0.0435. The number of hydrogen-bond acceptors (Lipinski definition) is 3. The third kappa shape index (κ3) is 4.69. The molecule has 0 saturated heterocycles. The van der Waals surface area contributed by atoms with Gasteiger partial charge in [0.25, 0.3) is 11.8 Å². The molecule has 1 unspecified atom stereocenters. The minimum Gasteiger partial charge on any atom is -0.480 e. The molecule has 0 radical (unpaired) electrons. The van der Waals surface area contributed by atoms with E-state index in [1.165, 1.54) is 23.1 Å². The number of amides is 2. The lowest BCUT2D eigenvalue weighted by molar-refractivity contribution is -0.139. The normalized spacial score (nSPS) is 15.5. The van der Waals surface area contributed by atoms with Gasteiger partial charge in [0, 0.05) is 29.9 Å². The number of nitrogens with zero attached hydrogens (tertiary/aromatic N) is 1. The number of carbonyl (C=O) groups is 2. The lowest BCUT2D eigenvalue weighted by atomic mass is 10.1. The Hall–Kier alpha value is -3.81. The van der Waals surface area contributed by atoms with E-state index >= 15 is 0 Å². The van der Waals surface area contributed by atoms with Gasteiger partial charge in [-0.05, 0) is 42.8 Å². The molecular weight excluding hydrogens is 433 g/mol. The van der Waals surface area contributed by atoms with Gasteiger partial charge in [0.2, 0.25) is 0 Å². The van der Waals surface area contributed by atoms with Crippen LogP contribution in [-0.4, -0.2) is 22.8 Å². The highest BCUT2D eigenvalue weighted by atomic mass is 19.1. The first-order chi connectivity index (χ1) is 15.9. The highest BCUT2D eigenvalue weighted by molar-refractivity contribution is 6.04. The van der Waals surface area contributed by atoms with Crippen LogP contribution in [0.15, 0.2) is 60.7 Å². The molecule has 8 heteroatoms. The van der Waals surface area contributed by atoms with Gasteiger partial charge in [-0.15, -0.1) is 0 Å². The quantitative estimate of drug-likeness (QED) is 0.587. The summed E-state index contributed by atoms with van der Waals surface area (Å²) in [7, 11) is 0. The van der Waals surface area contributed by atoms with Crippen LogP contribution in [0.3, 0.4) is 0 Å². The topological polar surface area (TPSA) is 58.6 Å². The summed E-state index contributed by atoms with van der Waals surface area (Å²) in [5.74, 6) is -3.14. The average Bonchev–Trinajstić information content (AvgIpc) is 2.91. The van der Waals surface area contributed by atoms with Gasteiger partial charge in [-0.3, -0.25) is 9.59 Å². The van der Waals surface area contributed by atoms with E-state index in [0.29, 0.717) is 23.3 Å². The van der Waals surface area contributed by atoms with Crippen molar-refractivity contribution in [3.8, 4) is 5.75 Å². The van der Waals surface area contributed by atoms with Crippen LogP contribution < -0.4 is 10.1 Å². The molecule has 1 atom stereocenters. The molecule has 1 N–H and O–H groups in total. The number of halogens is 3. The standard InChI is InChI=1S/C25H21F3N2O3/c1-2-21-25(32)30(13-15-6-3-4-7-18(15)26)14-16-12-17(10-11-22(16)33-21)29-24(31)23-19(27)8-5-9-20(23)28/h3-12,21H,2,13-14H2,1H3,(H,29,31). The largest absolute Gasteiger partial charge is 0.480 e. The Morgan fingerprint density at radius 1 is 1.03 bits per heavy atom.